The summed E-state index contributed by atoms with van der Waals surface area (Å²) in [4.78, 5) is 37.1. The van der Waals surface area contributed by atoms with Gasteiger partial charge in [0.15, 0.2) is 0 Å². The molecule has 0 aromatic heterocycles. The van der Waals surface area contributed by atoms with Crippen LogP contribution in [0, 0.1) is 0 Å². The van der Waals surface area contributed by atoms with E-state index in [4.69, 9.17) is 0 Å². The van der Waals surface area contributed by atoms with Crippen molar-refractivity contribution >= 4 is 17.7 Å². The minimum absolute atomic E-state index is 0.0510. The van der Waals surface area contributed by atoms with Crippen LogP contribution in [0.4, 0.5) is 0 Å². The molecule has 1 aliphatic rings. The number of likely N-dealkylation sites (tertiary alicyclic amines) is 1. The van der Waals surface area contributed by atoms with Crippen molar-refractivity contribution in [2.45, 2.75) is 25.7 Å². The summed E-state index contributed by atoms with van der Waals surface area (Å²) in [6, 6.07) is 8.92. The summed E-state index contributed by atoms with van der Waals surface area (Å²) in [5, 5.41) is 5.47. The molecule has 0 spiro atoms. The van der Waals surface area contributed by atoms with E-state index in [0.717, 1.165) is 19.3 Å². The lowest BCUT2D eigenvalue weighted by Gasteiger charge is -2.19. The number of hydrogen-bond acceptors (Lipinski definition) is 3. The Labute approximate surface area is 136 Å². The summed E-state index contributed by atoms with van der Waals surface area (Å²) in [6.45, 7) is 1.45. The third-order valence-corrected chi connectivity index (χ3v) is 3.77. The minimum Gasteiger partial charge on any atom is -0.353 e. The molecule has 124 valence electrons. The smallest absolute Gasteiger partial charge is 0.251 e. The second kappa shape index (κ2) is 8.92. The molecule has 1 fully saturated rings. The molecule has 0 unspecified atom stereocenters. The van der Waals surface area contributed by atoms with Gasteiger partial charge in [-0.15, -0.1) is 0 Å². The fourth-order valence-electron chi connectivity index (χ4n) is 2.50. The van der Waals surface area contributed by atoms with Gasteiger partial charge < -0.3 is 15.5 Å². The number of nitrogens with zero attached hydrogens (tertiary/aromatic N) is 1. The van der Waals surface area contributed by atoms with Gasteiger partial charge in [0.05, 0.1) is 6.54 Å². The van der Waals surface area contributed by atoms with Crippen LogP contribution in [-0.4, -0.2) is 48.8 Å². The fourth-order valence-corrected chi connectivity index (χ4v) is 2.50. The van der Waals surface area contributed by atoms with Gasteiger partial charge in [-0.05, 0) is 25.0 Å². The first-order valence-electron chi connectivity index (χ1n) is 8.04. The first-order valence-corrected chi connectivity index (χ1v) is 8.04. The zero-order valence-electron chi connectivity index (χ0n) is 13.2. The van der Waals surface area contributed by atoms with Crippen LogP contribution < -0.4 is 10.6 Å². The van der Waals surface area contributed by atoms with Crippen LogP contribution in [0.1, 0.15) is 36.0 Å². The normalized spacial score (nSPS) is 15.0. The van der Waals surface area contributed by atoms with Crippen LogP contribution in [0.25, 0.3) is 0 Å². The van der Waals surface area contributed by atoms with Gasteiger partial charge in [0, 0.05) is 31.6 Å². The zero-order chi connectivity index (χ0) is 16.5. The first-order chi connectivity index (χ1) is 11.2. The van der Waals surface area contributed by atoms with E-state index < -0.39 is 0 Å². The van der Waals surface area contributed by atoms with E-state index in [1.807, 2.05) is 6.07 Å². The van der Waals surface area contributed by atoms with Crippen molar-refractivity contribution in [2.24, 2.45) is 0 Å². The maximum absolute atomic E-state index is 11.9. The number of hydrogen-bond donors (Lipinski definition) is 2. The van der Waals surface area contributed by atoms with Crippen molar-refractivity contribution in [3.63, 3.8) is 0 Å². The van der Waals surface area contributed by atoms with Gasteiger partial charge in [-0.3, -0.25) is 14.4 Å². The SMILES string of the molecule is O=C(CN1CCCCCC1=O)NCCNC(=O)c1ccccc1. The molecule has 1 saturated heterocycles. The molecular formula is C17H23N3O3. The fraction of sp³-hybridized carbons (Fsp3) is 0.471. The summed E-state index contributed by atoms with van der Waals surface area (Å²) in [7, 11) is 0. The van der Waals surface area contributed by atoms with Crippen LogP contribution in [0.3, 0.4) is 0 Å². The van der Waals surface area contributed by atoms with Crippen molar-refractivity contribution in [2.75, 3.05) is 26.2 Å². The monoisotopic (exact) mass is 317 g/mol. The summed E-state index contributed by atoms with van der Waals surface area (Å²) in [5.74, 6) is -0.299. The van der Waals surface area contributed by atoms with E-state index in [1.54, 1.807) is 29.2 Å². The van der Waals surface area contributed by atoms with E-state index in [0.29, 0.717) is 31.6 Å². The topological polar surface area (TPSA) is 78.5 Å². The molecule has 0 radical (unpaired) electrons. The number of benzene rings is 1. The van der Waals surface area contributed by atoms with Crippen LogP contribution in [0.2, 0.25) is 0 Å². The average molecular weight is 317 g/mol. The van der Waals surface area contributed by atoms with Crippen LogP contribution in [0.15, 0.2) is 30.3 Å². The molecule has 1 aromatic rings. The Hall–Kier alpha value is -2.37. The van der Waals surface area contributed by atoms with Gasteiger partial charge in [0.1, 0.15) is 0 Å². The average Bonchev–Trinajstić information content (AvgIpc) is 2.77. The Balaban J connectivity index is 1.65. The first kappa shape index (κ1) is 17.0. The standard InChI is InChI=1S/C17H23N3O3/c21-15(13-20-12-6-2-5-9-16(20)22)18-10-11-19-17(23)14-7-3-1-4-8-14/h1,3-4,7-8H,2,5-6,9-13H2,(H,18,21)(H,19,23). The Kier molecular flexibility index (Phi) is 6.59. The number of amides is 3. The van der Waals surface area contributed by atoms with E-state index in [1.165, 1.54) is 0 Å². The predicted octanol–water partition coefficient (Wildman–Crippen LogP) is 0.935. The number of nitrogens with one attached hydrogen (secondary N) is 2. The molecule has 2 rings (SSSR count). The molecule has 0 aliphatic carbocycles. The lowest BCUT2D eigenvalue weighted by Crippen LogP contribution is -2.42. The number of rotatable bonds is 6. The summed E-state index contributed by atoms with van der Waals surface area (Å²) in [6.07, 6.45) is 3.42. The summed E-state index contributed by atoms with van der Waals surface area (Å²) >= 11 is 0. The summed E-state index contributed by atoms with van der Waals surface area (Å²) < 4.78 is 0. The second-order valence-electron chi connectivity index (χ2n) is 5.60. The molecular weight excluding hydrogens is 294 g/mol. The molecule has 0 atom stereocenters. The van der Waals surface area contributed by atoms with Crippen molar-refractivity contribution in [1.82, 2.24) is 15.5 Å². The highest BCUT2D eigenvalue weighted by atomic mass is 16.2. The van der Waals surface area contributed by atoms with Gasteiger partial charge in [0.2, 0.25) is 11.8 Å². The van der Waals surface area contributed by atoms with E-state index in [2.05, 4.69) is 10.6 Å². The molecule has 6 nitrogen and oxygen atoms in total. The molecule has 3 amide bonds. The molecule has 1 aromatic carbocycles. The van der Waals surface area contributed by atoms with E-state index >= 15 is 0 Å². The quantitative estimate of drug-likeness (QED) is 0.766. The largest absolute Gasteiger partial charge is 0.353 e. The second-order valence-corrected chi connectivity index (χ2v) is 5.60. The molecule has 0 saturated carbocycles. The van der Waals surface area contributed by atoms with Crippen molar-refractivity contribution < 1.29 is 14.4 Å². The third kappa shape index (κ3) is 5.73. The van der Waals surface area contributed by atoms with Gasteiger partial charge in [-0.2, -0.15) is 0 Å². The molecule has 23 heavy (non-hydrogen) atoms. The van der Waals surface area contributed by atoms with E-state index in [-0.39, 0.29) is 24.3 Å². The highest BCUT2D eigenvalue weighted by molar-refractivity contribution is 5.94. The third-order valence-electron chi connectivity index (χ3n) is 3.77. The Morgan fingerprint density at radius 1 is 1.00 bits per heavy atom. The molecule has 2 N–H and O–H groups in total. The summed E-state index contributed by atoms with van der Waals surface area (Å²) in [5.41, 5.74) is 0.592. The maximum Gasteiger partial charge on any atom is 0.251 e. The zero-order valence-corrected chi connectivity index (χ0v) is 13.2. The van der Waals surface area contributed by atoms with Gasteiger partial charge in [-0.1, -0.05) is 24.6 Å². The van der Waals surface area contributed by atoms with Crippen LogP contribution >= 0.6 is 0 Å². The lowest BCUT2D eigenvalue weighted by molar-refractivity contribution is -0.135. The van der Waals surface area contributed by atoms with Crippen molar-refractivity contribution in [3.8, 4) is 0 Å². The van der Waals surface area contributed by atoms with E-state index in [9.17, 15) is 14.4 Å². The van der Waals surface area contributed by atoms with Crippen molar-refractivity contribution in [3.05, 3.63) is 35.9 Å². The lowest BCUT2D eigenvalue weighted by atomic mass is 10.2. The Morgan fingerprint density at radius 3 is 2.52 bits per heavy atom. The Bertz CT molecular complexity index is 545. The molecule has 1 aliphatic heterocycles. The predicted molar refractivity (Wildman–Crippen MR) is 86.8 cm³/mol. The number of carbonyl (C=O) groups excluding carboxylic acids is 3. The highest BCUT2D eigenvalue weighted by Gasteiger charge is 2.18. The van der Waals surface area contributed by atoms with Crippen LogP contribution in [-0.2, 0) is 9.59 Å². The van der Waals surface area contributed by atoms with Gasteiger partial charge >= 0.3 is 0 Å². The van der Waals surface area contributed by atoms with Gasteiger partial charge in [-0.25, -0.2) is 0 Å². The highest BCUT2D eigenvalue weighted by Crippen LogP contribution is 2.10. The minimum atomic E-state index is -0.186. The van der Waals surface area contributed by atoms with Gasteiger partial charge in [0.25, 0.3) is 5.91 Å². The Morgan fingerprint density at radius 2 is 1.74 bits per heavy atom. The maximum atomic E-state index is 11.9. The molecule has 0 bridgehead atoms. The molecule has 6 heteroatoms. The van der Waals surface area contributed by atoms with Crippen molar-refractivity contribution in [1.29, 1.82) is 0 Å². The van der Waals surface area contributed by atoms with Crippen LogP contribution in [0.5, 0.6) is 0 Å². The molecule has 1 heterocycles. The number of carbonyl (C=O) groups is 3.